The summed E-state index contributed by atoms with van der Waals surface area (Å²) in [5.74, 6) is 1.32. The van der Waals surface area contributed by atoms with Crippen LogP contribution >= 0.6 is 0 Å². The third kappa shape index (κ3) is 4.68. The average molecular weight is 384 g/mol. The number of carbonyl (C=O) groups excluding carboxylic acids is 1. The Bertz CT molecular complexity index is 1110. The maximum atomic E-state index is 14.1. The molecule has 4 aromatic carbocycles. The van der Waals surface area contributed by atoms with E-state index in [1.165, 1.54) is 18.2 Å². The van der Waals surface area contributed by atoms with Crippen LogP contribution < -0.4 is 9.47 Å². The van der Waals surface area contributed by atoms with Crippen molar-refractivity contribution in [2.24, 2.45) is 0 Å². The molecule has 29 heavy (non-hydrogen) atoms. The fraction of sp³-hybridized carbons (Fsp3) is 0. The summed E-state index contributed by atoms with van der Waals surface area (Å²) >= 11 is 0. The van der Waals surface area contributed by atoms with Crippen LogP contribution in [-0.2, 0) is 0 Å². The molecule has 0 saturated carbocycles. The van der Waals surface area contributed by atoms with Crippen molar-refractivity contribution in [2.45, 2.75) is 0 Å². The van der Waals surface area contributed by atoms with Gasteiger partial charge in [0.1, 0.15) is 28.8 Å². The Hall–Kier alpha value is -3.92. The molecule has 4 aromatic rings. The van der Waals surface area contributed by atoms with Crippen LogP contribution in [0.2, 0.25) is 0 Å². The van der Waals surface area contributed by atoms with E-state index >= 15 is 0 Å². The summed E-state index contributed by atoms with van der Waals surface area (Å²) in [5, 5.41) is 0. The van der Waals surface area contributed by atoms with E-state index in [1.54, 1.807) is 36.4 Å². The van der Waals surface area contributed by atoms with Gasteiger partial charge in [-0.05, 0) is 60.7 Å². The van der Waals surface area contributed by atoms with Gasteiger partial charge in [-0.2, -0.15) is 0 Å². The summed E-state index contributed by atoms with van der Waals surface area (Å²) < 4.78 is 25.5. The molecule has 0 atom stereocenters. The lowest BCUT2D eigenvalue weighted by Gasteiger charge is -2.09. The minimum absolute atomic E-state index is 0.215. The Labute approximate surface area is 168 Å². The van der Waals surface area contributed by atoms with Crippen LogP contribution in [-0.4, -0.2) is 5.78 Å². The van der Waals surface area contributed by atoms with Gasteiger partial charge >= 0.3 is 0 Å². The first-order valence-electron chi connectivity index (χ1n) is 9.08. The van der Waals surface area contributed by atoms with Gasteiger partial charge in [0.2, 0.25) is 0 Å². The van der Waals surface area contributed by atoms with Crippen LogP contribution in [0.25, 0.3) is 0 Å². The van der Waals surface area contributed by atoms with Crippen LogP contribution in [0.1, 0.15) is 15.9 Å². The van der Waals surface area contributed by atoms with Crippen molar-refractivity contribution in [3.63, 3.8) is 0 Å². The number of hydrogen-bond donors (Lipinski definition) is 0. The molecular weight excluding hydrogens is 367 g/mol. The Morgan fingerprint density at radius 3 is 1.66 bits per heavy atom. The molecule has 0 bridgehead atoms. The molecule has 4 rings (SSSR count). The first kappa shape index (κ1) is 18.4. The highest BCUT2D eigenvalue weighted by atomic mass is 19.1. The van der Waals surface area contributed by atoms with Gasteiger partial charge in [-0.25, -0.2) is 4.39 Å². The summed E-state index contributed by atoms with van der Waals surface area (Å²) in [6.45, 7) is 0. The first-order chi connectivity index (χ1) is 14.2. The maximum Gasteiger partial charge on any atom is 0.193 e. The van der Waals surface area contributed by atoms with Gasteiger partial charge in [-0.1, -0.05) is 36.4 Å². The molecule has 0 radical (unpaired) electrons. The van der Waals surface area contributed by atoms with Gasteiger partial charge in [-0.3, -0.25) is 4.79 Å². The third-order valence-corrected chi connectivity index (χ3v) is 4.21. The lowest BCUT2D eigenvalue weighted by molar-refractivity contribution is 0.103. The minimum atomic E-state index is -0.536. The minimum Gasteiger partial charge on any atom is -0.457 e. The topological polar surface area (TPSA) is 35.5 Å². The molecule has 0 unspecified atom stereocenters. The lowest BCUT2D eigenvalue weighted by atomic mass is 10.0. The molecule has 4 heteroatoms. The summed E-state index contributed by atoms with van der Waals surface area (Å²) in [7, 11) is 0. The fourth-order valence-electron chi connectivity index (χ4n) is 2.84. The molecule has 0 fully saturated rings. The molecule has 0 saturated heterocycles. The second-order valence-corrected chi connectivity index (χ2v) is 6.36. The van der Waals surface area contributed by atoms with E-state index in [0.717, 1.165) is 0 Å². The number of benzene rings is 4. The molecule has 0 aliphatic heterocycles. The van der Waals surface area contributed by atoms with Gasteiger partial charge in [-0.15, -0.1) is 0 Å². The van der Waals surface area contributed by atoms with Crippen LogP contribution in [0.3, 0.4) is 0 Å². The molecule has 0 heterocycles. The number of carbonyl (C=O) groups is 1. The molecule has 0 N–H and O–H groups in total. The fourth-order valence-corrected chi connectivity index (χ4v) is 2.84. The largest absolute Gasteiger partial charge is 0.457 e. The van der Waals surface area contributed by atoms with Gasteiger partial charge in [0, 0.05) is 17.2 Å². The van der Waals surface area contributed by atoms with Gasteiger partial charge in [0.25, 0.3) is 0 Å². The van der Waals surface area contributed by atoms with Crippen molar-refractivity contribution in [2.75, 3.05) is 0 Å². The highest BCUT2D eigenvalue weighted by Gasteiger charge is 2.13. The van der Waals surface area contributed by atoms with E-state index in [2.05, 4.69) is 0 Å². The molecule has 0 spiro atoms. The quantitative estimate of drug-likeness (QED) is 0.350. The standard InChI is InChI=1S/C25H17FO3/c26-20-15-19(16-24(17-20)29-22-9-5-2-6-10-22)25(27)18-11-13-23(14-12-18)28-21-7-3-1-4-8-21/h1-17H. The van der Waals surface area contributed by atoms with E-state index in [-0.39, 0.29) is 17.1 Å². The molecule has 0 aliphatic carbocycles. The molecule has 0 amide bonds. The molecular formula is C25H17FO3. The number of rotatable bonds is 6. The molecule has 0 aliphatic rings. The van der Waals surface area contributed by atoms with Crippen LogP contribution in [0.15, 0.2) is 103 Å². The van der Waals surface area contributed by atoms with E-state index in [0.29, 0.717) is 22.8 Å². The molecule has 0 aromatic heterocycles. The molecule has 3 nitrogen and oxygen atoms in total. The van der Waals surface area contributed by atoms with Crippen molar-refractivity contribution in [1.29, 1.82) is 0 Å². The van der Waals surface area contributed by atoms with Crippen LogP contribution in [0.5, 0.6) is 23.0 Å². The Morgan fingerprint density at radius 2 is 1.07 bits per heavy atom. The maximum absolute atomic E-state index is 14.1. The normalized spacial score (nSPS) is 10.4. The van der Waals surface area contributed by atoms with E-state index in [1.807, 2.05) is 48.5 Å². The van der Waals surface area contributed by atoms with Crippen molar-refractivity contribution < 1.29 is 18.7 Å². The highest BCUT2D eigenvalue weighted by Crippen LogP contribution is 2.26. The Balaban J connectivity index is 1.53. The predicted molar refractivity (Wildman–Crippen MR) is 109 cm³/mol. The lowest BCUT2D eigenvalue weighted by Crippen LogP contribution is -2.02. The molecule has 142 valence electrons. The number of ether oxygens (including phenoxy) is 2. The van der Waals surface area contributed by atoms with E-state index in [4.69, 9.17) is 9.47 Å². The zero-order valence-electron chi connectivity index (χ0n) is 15.4. The van der Waals surface area contributed by atoms with Crippen LogP contribution in [0, 0.1) is 5.82 Å². The Morgan fingerprint density at radius 1 is 0.552 bits per heavy atom. The van der Waals surface area contributed by atoms with Gasteiger partial charge in [0.15, 0.2) is 5.78 Å². The van der Waals surface area contributed by atoms with E-state index in [9.17, 15) is 9.18 Å². The van der Waals surface area contributed by atoms with Crippen molar-refractivity contribution >= 4 is 5.78 Å². The van der Waals surface area contributed by atoms with Crippen molar-refractivity contribution in [1.82, 2.24) is 0 Å². The number of ketones is 1. The smallest absolute Gasteiger partial charge is 0.193 e. The zero-order valence-corrected chi connectivity index (χ0v) is 15.4. The Kier molecular flexibility index (Phi) is 5.34. The third-order valence-electron chi connectivity index (χ3n) is 4.21. The van der Waals surface area contributed by atoms with E-state index < -0.39 is 5.82 Å². The summed E-state index contributed by atoms with van der Waals surface area (Å²) in [6.07, 6.45) is 0. The number of hydrogen-bond acceptors (Lipinski definition) is 3. The van der Waals surface area contributed by atoms with Crippen LogP contribution in [0.4, 0.5) is 4.39 Å². The summed E-state index contributed by atoms with van der Waals surface area (Å²) in [6, 6.07) is 29.1. The van der Waals surface area contributed by atoms with Crippen molar-refractivity contribution in [3.05, 3.63) is 120 Å². The van der Waals surface area contributed by atoms with Crippen molar-refractivity contribution in [3.8, 4) is 23.0 Å². The summed E-state index contributed by atoms with van der Waals surface area (Å²) in [5.41, 5.74) is 0.648. The first-order valence-corrected chi connectivity index (χ1v) is 9.08. The number of para-hydroxylation sites is 2. The summed E-state index contributed by atoms with van der Waals surface area (Å²) in [4.78, 5) is 12.8. The second-order valence-electron chi connectivity index (χ2n) is 6.36. The predicted octanol–water partition coefficient (Wildman–Crippen LogP) is 6.64. The zero-order chi connectivity index (χ0) is 20.1. The number of halogens is 1. The van der Waals surface area contributed by atoms with Gasteiger partial charge < -0.3 is 9.47 Å². The SMILES string of the molecule is O=C(c1ccc(Oc2ccccc2)cc1)c1cc(F)cc(Oc2ccccc2)c1. The van der Waals surface area contributed by atoms with Gasteiger partial charge in [0.05, 0.1) is 0 Å². The highest BCUT2D eigenvalue weighted by molar-refractivity contribution is 6.09. The monoisotopic (exact) mass is 384 g/mol. The second kappa shape index (κ2) is 8.40. The average Bonchev–Trinajstić information content (AvgIpc) is 2.75.